The van der Waals surface area contributed by atoms with Gasteiger partial charge in [0.2, 0.25) is 15.9 Å². The number of rotatable bonds is 6. The van der Waals surface area contributed by atoms with Gasteiger partial charge in [-0.15, -0.1) is 0 Å². The number of hydrogen-bond acceptors (Lipinski definition) is 3. The molecule has 1 N–H and O–H groups in total. The van der Waals surface area contributed by atoms with Crippen molar-refractivity contribution < 1.29 is 13.2 Å². The average Bonchev–Trinajstić information content (AvgIpc) is 2.68. The summed E-state index contributed by atoms with van der Waals surface area (Å²) in [6.07, 6.45) is 2.93. The second-order valence-corrected chi connectivity index (χ2v) is 8.42. The first-order valence-electron chi connectivity index (χ1n) is 8.91. The molecule has 0 radical (unpaired) electrons. The molecular weight excluding hydrogens is 348 g/mol. The fourth-order valence-corrected chi connectivity index (χ4v) is 4.28. The van der Waals surface area contributed by atoms with E-state index in [1.165, 1.54) is 17.7 Å². The first kappa shape index (κ1) is 18.6. The van der Waals surface area contributed by atoms with Gasteiger partial charge >= 0.3 is 0 Å². The number of nitrogens with one attached hydrogen (secondary N) is 1. The number of amides is 1. The van der Waals surface area contributed by atoms with Crippen LogP contribution in [0.3, 0.4) is 0 Å². The summed E-state index contributed by atoms with van der Waals surface area (Å²) in [5, 5.41) is 0. The zero-order valence-corrected chi connectivity index (χ0v) is 15.5. The Kier molecular flexibility index (Phi) is 6.06. The normalized spacial score (nSPS) is 15.8. The second-order valence-electron chi connectivity index (χ2n) is 6.65. The van der Waals surface area contributed by atoms with E-state index in [4.69, 9.17) is 0 Å². The molecule has 0 bridgehead atoms. The van der Waals surface area contributed by atoms with Crippen LogP contribution in [0.5, 0.6) is 0 Å². The topological polar surface area (TPSA) is 66.5 Å². The Balaban J connectivity index is 1.47. The van der Waals surface area contributed by atoms with Crippen LogP contribution in [-0.4, -0.2) is 38.9 Å². The van der Waals surface area contributed by atoms with Crippen molar-refractivity contribution in [3.8, 4) is 0 Å². The number of likely N-dealkylation sites (tertiary alicyclic amines) is 1. The van der Waals surface area contributed by atoms with E-state index < -0.39 is 10.0 Å². The van der Waals surface area contributed by atoms with E-state index in [1.54, 1.807) is 23.1 Å². The molecule has 1 amide bonds. The van der Waals surface area contributed by atoms with Crippen LogP contribution < -0.4 is 4.72 Å². The lowest BCUT2D eigenvalue weighted by Gasteiger charge is -2.32. The molecule has 1 aliphatic rings. The van der Waals surface area contributed by atoms with Crippen molar-refractivity contribution >= 4 is 15.9 Å². The molecule has 0 atom stereocenters. The molecule has 138 valence electrons. The first-order chi connectivity index (χ1) is 12.5. The molecule has 1 aliphatic heterocycles. The number of nitrogens with zero attached hydrogens (tertiary/aromatic N) is 1. The van der Waals surface area contributed by atoms with Gasteiger partial charge in [0.15, 0.2) is 0 Å². The smallest absolute Gasteiger partial charge is 0.241 e. The van der Waals surface area contributed by atoms with E-state index in [0.29, 0.717) is 19.0 Å². The molecule has 0 aliphatic carbocycles. The maximum absolute atomic E-state index is 12.3. The molecule has 0 unspecified atom stereocenters. The molecular formula is C20H24N2O3S. The Morgan fingerprint density at radius 1 is 0.962 bits per heavy atom. The summed E-state index contributed by atoms with van der Waals surface area (Å²) < 4.78 is 26.8. The third kappa shape index (κ3) is 4.93. The first-order valence-corrected chi connectivity index (χ1v) is 10.4. The Hall–Kier alpha value is -2.18. The summed E-state index contributed by atoms with van der Waals surface area (Å²) in [6, 6.07) is 18.5. The van der Waals surface area contributed by atoms with Crippen molar-refractivity contribution in [3.63, 3.8) is 0 Å². The lowest BCUT2D eigenvalue weighted by Crippen LogP contribution is -2.44. The highest BCUT2D eigenvalue weighted by Crippen LogP contribution is 2.21. The quantitative estimate of drug-likeness (QED) is 0.847. The molecule has 0 aromatic heterocycles. The van der Waals surface area contributed by atoms with Crippen molar-refractivity contribution in [1.29, 1.82) is 0 Å². The van der Waals surface area contributed by atoms with Crippen molar-refractivity contribution in [2.75, 3.05) is 19.6 Å². The van der Waals surface area contributed by atoms with Crippen LogP contribution in [0.1, 0.15) is 18.4 Å². The largest absolute Gasteiger partial charge is 0.342 e. The third-order valence-electron chi connectivity index (χ3n) is 4.80. The number of carbonyl (C=O) groups is 1. The van der Waals surface area contributed by atoms with E-state index in [-0.39, 0.29) is 17.3 Å². The van der Waals surface area contributed by atoms with Crippen molar-refractivity contribution in [2.45, 2.75) is 24.2 Å². The minimum Gasteiger partial charge on any atom is -0.342 e. The summed E-state index contributed by atoms with van der Waals surface area (Å²) in [4.78, 5) is 14.3. The van der Waals surface area contributed by atoms with Gasteiger partial charge in [-0.3, -0.25) is 4.79 Å². The van der Waals surface area contributed by atoms with Gasteiger partial charge in [-0.2, -0.15) is 0 Å². The molecule has 2 aromatic rings. The SMILES string of the molecule is O=C(CNS(=O)(=O)c1ccccc1)N1CCC(Cc2ccccc2)CC1. The van der Waals surface area contributed by atoms with E-state index in [2.05, 4.69) is 16.9 Å². The number of sulfonamides is 1. The number of carbonyl (C=O) groups excluding carboxylic acids is 1. The Morgan fingerprint density at radius 3 is 2.15 bits per heavy atom. The predicted molar refractivity (Wildman–Crippen MR) is 101 cm³/mol. The van der Waals surface area contributed by atoms with Crippen molar-refractivity contribution in [2.24, 2.45) is 5.92 Å². The van der Waals surface area contributed by atoms with Gasteiger partial charge in [-0.05, 0) is 42.9 Å². The van der Waals surface area contributed by atoms with Gasteiger partial charge in [0.25, 0.3) is 0 Å². The molecule has 1 fully saturated rings. The minimum absolute atomic E-state index is 0.164. The Bertz CT molecular complexity index is 815. The van der Waals surface area contributed by atoms with Gasteiger partial charge < -0.3 is 4.90 Å². The van der Waals surface area contributed by atoms with Crippen molar-refractivity contribution in [3.05, 3.63) is 66.2 Å². The number of hydrogen-bond donors (Lipinski definition) is 1. The summed E-state index contributed by atoms with van der Waals surface area (Å²) in [6.45, 7) is 1.17. The van der Waals surface area contributed by atoms with Gasteiger partial charge in [0.05, 0.1) is 11.4 Å². The molecule has 2 aromatic carbocycles. The minimum atomic E-state index is -3.64. The third-order valence-corrected chi connectivity index (χ3v) is 6.22. The van der Waals surface area contributed by atoms with Crippen molar-refractivity contribution in [1.82, 2.24) is 9.62 Å². The number of benzene rings is 2. The molecule has 26 heavy (non-hydrogen) atoms. The highest BCUT2D eigenvalue weighted by molar-refractivity contribution is 7.89. The molecule has 0 spiro atoms. The molecule has 1 heterocycles. The van der Waals surface area contributed by atoms with Crippen LogP contribution in [0.2, 0.25) is 0 Å². The number of piperidine rings is 1. The van der Waals surface area contributed by atoms with Crippen LogP contribution >= 0.6 is 0 Å². The summed E-state index contributed by atoms with van der Waals surface area (Å²) in [5.74, 6) is 0.408. The predicted octanol–water partition coefficient (Wildman–Crippen LogP) is 2.45. The van der Waals surface area contributed by atoms with Crippen LogP contribution in [0.15, 0.2) is 65.6 Å². The summed E-state index contributed by atoms with van der Waals surface area (Å²) >= 11 is 0. The van der Waals surface area contributed by atoms with E-state index in [0.717, 1.165) is 19.3 Å². The zero-order valence-electron chi connectivity index (χ0n) is 14.7. The van der Waals surface area contributed by atoms with Crippen LogP contribution in [0, 0.1) is 5.92 Å². The molecule has 5 nitrogen and oxygen atoms in total. The van der Waals surface area contributed by atoms with Gasteiger partial charge in [0, 0.05) is 13.1 Å². The van der Waals surface area contributed by atoms with Gasteiger partial charge in [-0.25, -0.2) is 13.1 Å². The van der Waals surface area contributed by atoms with E-state index in [1.807, 2.05) is 18.2 Å². The average molecular weight is 372 g/mol. The highest BCUT2D eigenvalue weighted by atomic mass is 32.2. The zero-order chi connectivity index (χ0) is 18.4. The maximum Gasteiger partial charge on any atom is 0.241 e. The maximum atomic E-state index is 12.3. The standard InChI is InChI=1S/C20H24N2O3S/c23-20(16-21-26(24,25)19-9-5-2-6-10-19)22-13-11-18(12-14-22)15-17-7-3-1-4-8-17/h1-10,18,21H,11-16H2. The summed E-state index contributed by atoms with van der Waals surface area (Å²) in [7, 11) is -3.64. The molecule has 0 saturated carbocycles. The lowest BCUT2D eigenvalue weighted by molar-refractivity contribution is -0.131. The monoisotopic (exact) mass is 372 g/mol. The lowest BCUT2D eigenvalue weighted by atomic mass is 9.90. The highest BCUT2D eigenvalue weighted by Gasteiger charge is 2.24. The fourth-order valence-electron chi connectivity index (χ4n) is 3.29. The van der Waals surface area contributed by atoms with Gasteiger partial charge in [0.1, 0.15) is 0 Å². The molecule has 1 saturated heterocycles. The fraction of sp³-hybridized carbons (Fsp3) is 0.350. The summed E-state index contributed by atoms with van der Waals surface area (Å²) in [5.41, 5.74) is 1.33. The Labute approximate surface area is 155 Å². The molecule has 3 rings (SSSR count). The Morgan fingerprint density at radius 2 is 1.54 bits per heavy atom. The van der Waals surface area contributed by atoms with Crippen LogP contribution in [-0.2, 0) is 21.2 Å². The molecule has 6 heteroatoms. The van der Waals surface area contributed by atoms with Gasteiger partial charge in [-0.1, -0.05) is 48.5 Å². The van der Waals surface area contributed by atoms with E-state index >= 15 is 0 Å². The second kappa shape index (κ2) is 8.47. The van der Waals surface area contributed by atoms with Crippen LogP contribution in [0.25, 0.3) is 0 Å². The van der Waals surface area contributed by atoms with Crippen LogP contribution in [0.4, 0.5) is 0 Å². The van der Waals surface area contributed by atoms with E-state index in [9.17, 15) is 13.2 Å².